The second kappa shape index (κ2) is 6.66. The Hall–Kier alpha value is -1.96. The Balaban J connectivity index is 2.17. The monoisotopic (exact) mass is 309 g/mol. The standard InChI is InChI=1S/C13H15N3O4S/c1-8(17)21-7-9-5-10(18)16(6-9)12-11(13(19)20-2)14-3-4-15-12/h3-4,9H,5-7H2,1-2H3. The van der Waals surface area contributed by atoms with E-state index in [2.05, 4.69) is 14.7 Å². The predicted octanol–water partition coefficient (Wildman–Crippen LogP) is 0.896. The molecule has 0 aromatic carbocycles. The van der Waals surface area contributed by atoms with Crippen molar-refractivity contribution in [3.05, 3.63) is 18.1 Å². The zero-order valence-electron chi connectivity index (χ0n) is 11.7. The van der Waals surface area contributed by atoms with E-state index in [0.29, 0.717) is 18.7 Å². The Morgan fingerprint density at radius 3 is 2.81 bits per heavy atom. The molecule has 2 heterocycles. The van der Waals surface area contributed by atoms with Gasteiger partial charge < -0.3 is 4.74 Å². The molecule has 0 bridgehead atoms. The molecule has 0 aliphatic carbocycles. The molecular weight excluding hydrogens is 294 g/mol. The van der Waals surface area contributed by atoms with Crippen LogP contribution < -0.4 is 4.90 Å². The van der Waals surface area contributed by atoms with E-state index >= 15 is 0 Å². The van der Waals surface area contributed by atoms with Crippen LogP contribution in [0.4, 0.5) is 5.82 Å². The SMILES string of the molecule is COC(=O)c1nccnc1N1CC(CSC(C)=O)CC1=O. The summed E-state index contributed by atoms with van der Waals surface area (Å²) in [6, 6.07) is 0. The molecule has 1 fully saturated rings. The topological polar surface area (TPSA) is 89.5 Å². The molecule has 21 heavy (non-hydrogen) atoms. The molecule has 1 aromatic rings. The Kier molecular flexibility index (Phi) is 4.89. The van der Waals surface area contributed by atoms with E-state index in [1.165, 1.54) is 43.1 Å². The average Bonchev–Trinajstić information content (AvgIpc) is 2.85. The molecular formula is C13H15N3O4S. The second-order valence-electron chi connectivity index (χ2n) is 4.60. The molecule has 1 saturated heterocycles. The molecule has 2 rings (SSSR count). The minimum atomic E-state index is -0.632. The van der Waals surface area contributed by atoms with Gasteiger partial charge in [0.05, 0.1) is 7.11 Å². The lowest BCUT2D eigenvalue weighted by Crippen LogP contribution is -2.28. The Morgan fingerprint density at radius 2 is 2.14 bits per heavy atom. The number of anilines is 1. The van der Waals surface area contributed by atoms with Crippen molar-refractivity contribution in [1.29, 1.82) is 0 Å². The molecule has 7 nitrogen and oxygen atoms in total. The molecule has 1 aromatic heterocycles. The van der Waals surface area contributed by atoms with E-state index in [4.69, 9.17) is 0 Å². The molecule has 1 atom stereocenters. The zero-order valence-corrected chi connectivity index (χ0v) is 12.6. The maximum atomic E-state index is 12.1. The fourth-order valence-electron chi connectivity index (χ4n) is 2.10. The predicted molar refractivity (Wildman–Crippen MR) is 77.0 cm³/mol. The van der Waals surface area contributed by atoms with Crippen LogP contribution in [0.5, 0.6) is 0 Å². The summed E-state index contributed by atoms with van der Waals surface area (Å²) in [4.78, 5) is 44.2. The lowest BCUT2D eigenvalue weighted by molar-refractivity contribution is -0.117. The first-order valence-electron chi connectivity index (χ1n) is 6.36. The van der Waals surface area contributed by atoms with Crippen LogP contribution in [0.3, 0.4) is 0 Å². The first-order valence-corrected chi connectivity index (χ1v) is 7.34. The molecule has 1 aliphatic heterocycles. The fourth-order valence-corrected chi connectivity index (χ4v) is 2.80. The molecule has 1 amide bonds. The minimum Gasteiger partial charge on any atom is -0.464 e. The third kappa shape index (κ3) is 3.57. The van der Waals surface area contributed by atoms with E-state index in [9.17, 15) is 14.4 Å². The van der Waals surface area contributed by atoms with E-state index in [-0.39, 0.29) is 28.5 Å². The number of aromatic nitrogens is 2. The van der Waals surface area contributed by atoms with Crippen molar-refractivity contribution in [2.75, 3.05) is 24.3 Å². The molecule has 0 saturated carbocycles. The number of hydrogen-bond donors (Lipinski definition) is 0. The van der Waals surface area contributed by atoms with Gasteiger partial charge in [-0.1, -0.05) is 11.8 Å². The number of methoxy groups -OCH3 is 1. The number of nitrogens with zero attached hydrogens (tertiary/aromatic N) is 3. The number of rotatable bonds is 4. The largest absolute Gasteiger partial charge is 0.464 e. The van der Waals surface area contributed by atoms with Gasteiger partial charge in [-0.25, -0.2) is 14.8 Å². The summed E-state index contributed by atoms with van der Waals surface area (Å²) in [6.45, 7) is 1.92. The van der Waals surface area contributed by atoms with Crippen LogP contribution in [0.15, 0.2) is 12.4 Å². The number of esters is 1. The van der Waals surface area contributed by atoms with Crippen molar-refractivity contribution in [3.63, 3.8) is 0 Å². The van der Waals surface area contributed by atoms with Crippen LogP contribution in [0.1, 0.15) is 23.8 Å². The summed E-state index contributed by atoms with van der Waals surface area (Å²) in [6.07, 6.45) is 3.13. The molecule has 0 spiro atoms. The smallest absolute Gasteiger partial charge is 0.360 e. The number of carbonyl (C=O) groups excluding carboxylic acids is 3. The zero-order chi connectivity index (χ0) is 15.4. The summed E-state index contributed by atoms with van der Waals surface area (Å²) in [7, 11) is 1.25. The number of ether oxygens (including phenoxy) is 1. The van der Waals surface area contributed by atoms with Gasteiger partial charge in [0.2, 0.25) is 5.91 Å². The lowest BCUT2D eigenvalue weighted by atomic mass is 10.1. The van der Waals surface area contributed by atoms with Crippen molar-refractivity contribution < 1.29 is 19.1 Å². The molecule has 112 valence electrons. The highest BCUT2D eigenvalue weighted by Crippen LogP contribution is 2.27. The molecule has 0 N–H and O–H groups in total. The van der Waals surface area contributed by atoms with E-state index in [1.54, 1.807) is 0 Å². The van der Waals surface area contributed by atoms with Crippen LogP contribution in [0.25, 0.3) is 0 Å². The maximum Gasteiger partial charge on any atom is 0.360 e. The van der Waals surface area contributed by atoms with Gasteiger partial charge in [-0.05, 0) is 5.92 Å². The first kappa shape index (κ1) is 15.4. The van der Waals surface area contributed by atoms with E-state index < -0.39 is 5.97 Å². The third-order valence-corrected chi connectivity index (χ3v) is 4.09. The van der Waals surface area contributed by atoms with Gasteiger partial charge in [0.15, 0.2) is 16.6 Å². The highest BCUT2D eigenvalue weighted by atomic mass is 32.2. The number of amides is 1. The lowest BCUT2D eigenvalue weighted by Gasteiger charge is -2.17. The molecule has 8 heteroatoms. The van der Waals surface area contributed by atoms with Crippen LogP contribution >= 0.6 is 11.8 Å². The summed E-state index contributed by atoms with van der Waals surface area (Å²) in [5, 5.41) is 0.0238. The van der Waals surface area contributed by atoms with Crippen molar-refractivity contribution >= 4 is 34.6 Å². The van der Waals surface area contributed by atoms with E-state index in [1.807, 2.05) is 0 Å². The van der Waals surface area contributed by atoms with Crippen LogP contribution in [0, 0.1) is 5.92 Å². The summed E-state index contributed by atoms with van der Waals surface area (Å²) in [5.74, 6) is 0.0802. The highest BCUT2D eigenvalue weighted by molar-refractivity contribution is 8.13. The quantitative estimate of drug-likeness (QED) is 0.763. The van der Waals surface area contributed by atoms with Crippen molar-refractivity contribution in [2.45, 2.75) is 13.3 Å². The van der Waals surface area contributed by atoms with Crippen molar-refractivity contribution in [1.82, 2.24) is 9.97 Å². The summed E-state index contributed by atoms with van der Waals surface area (Å²) >= 11 is 1.20. The molecule has 0 radical (unpaired) electrons. The van der Waals surface area contributed by atoms with Gasteiger partial charge in [-0.3, -0.25) is 14.5 Å². The Morgan fingerprint density at radius 1 is 1.43 bits per heavy atom. The fraction of sp³-hybridized carbons (Fsp3) is 0.462. The number of thioether (sulfide) groups is 1. The van der Waals surface area contributed by atoms with Crippen LogP contribution in [0.2, 0.25) is 0 Å². The van der Waals surface area contributed by atoms with Crippen LogP contribution in [-0.2, 0) is 14.3 Å². The van der Waals surface area contributed by atoms with Gasteiger partial charge in [0, 0.05) is 38.0 Å². The molecule has 1 aliphatic rings. The minimum absolute atomic E-state index is 0.0215. The third-order valence-electron chi connectivity index (χ3n) is 3.04. The van der Waals surface area contributed by atoms with Crippen molar-refractivity contribution in [3.8, 4) is 0 Å². The second-order valence-corrected chi connectivity index (χ2v) is 5.79. The van der Waals surface area contributed by atoms with Gasteiger partial charge in [0.25, 0.3) is 0 Å². The van der Waals surface area contributed by atoms with Crippen molar-refractivity contribution in [2.24, 2.45) is 5.92 Å². The Labute approximate surface area is 126 Å². The number of carbonyl (C=O) groups is 3. The van der Waals surface area contributed by atoms with Gasteiger partial charge in [-0.15, -0.1) is 0 Å². The average molecular weight is 309 g/mol. The Bertz CT molecular complexity index is 578. The number of hydrogen-bond acceptors (Lipinski definition) is 7. The van der Waals surface area contributed by atoms with Crippen LogP contribution in [-0.4, -0.2) is 46.4 Å². The normalized spacial score (nSPS) is 17.9. The van der Waals surface area contributed by atoms with Gasteiger partial charge in [0.1, 0.15) is 0 Å². The van der Waals surface area contributed by atoms with Gasteiger partial charge >= 0.3 is 5.97 Å². The highest BCUT2D eigenvalue weighted by Gasteiger charge is 2.34. The summed E-state index contributed by atoms with van der Waals surface area (Å²) in [5.41, 5.74) is 0.0215. The summed E-state index contributed by atoms with van der Waals surface area (Å²) < 4.78 is 4.65. The maximum absolute atomic E-state index is 12.1. The first-order chi connectivity index (χ1) is 10.0. The van der Waals surface area contributed by atoms with E-state index in [0.717, 1.165) is 0 Å². The molecule has 1 unspecified atom stereocenters. The van der Waals surface area contributed by atoms with Gasteiger partial charge in [-0.2, -0.15) is 0 Å².